The molecule has 0 N–H and O–H groups in total. The molecular weight excluding hydrogens is 382 g/mol. The highest BCUT2D eigenvalue weighted by atomic mass is 33.1. The van der Waals surface area contributed by atoms with Crippen LogP contribution in [0.1, 0.15) is 43.2 Å². The summed E-state index contributed by atoms with van der Waals surface area (Å²) in [5.41, 5.74) is 3.48. The Labute approximate surface area is 177 Å². The number of ether oxygens (including phenoxy) is 1. The van der Waals surface area contributed by atoms with Crippen molar-refractivity contribution in [3.63, 3.8) is 0 Å². The van der Waals surface area contributed by atoms with Crippen molar-refractivity contribution in [2.45, 2.75) is 50.8 Å². The molecule has 1 saturated carbocycles. The second-order valence-electron chi connectivity index (χ2n) is 7.35. The third-order valence-electron chi connectivity index (χ3n) is 4.96. The van der Waals surface area contributed by atoms with Gasteiger partial charge in [-0.3, -0.25) is 0 Å². The number of rotatable bonds is 7. The molecule has 2 aromatic rings. The summed E-state index contributed by atoms with van der Waals surface area (Å²) in [5.74, 6) is 1.37. The maximum absolute atomic E-state index is 6.13. The first kappa shape index (κ1) is 21.1. The van der Waals surface area contributed by atoms with Crippen molar-refractivity contribution in [1.82, 2.24) is 0 Å². The monoisotopic (exact) mass is 411 g/mol. The van der Waals surface area contributed by atoms with Crippen LogP contribution in [0.25, 0.3) is 0 Å². The van der Waals surface area contributed by atoms with E-state index in [-0.39, 0.29) is 0 Å². The Morgan fingerprint density at radius 3 is 2.54 bits per heavy atom. The standard InChI is InChI=1S/C24H29NOS2/c1-19-12-14-22(15-13-19)25-24(26-18-21-9-4-3-5-10-21)16-17-27-28-23-11-7-6-8-20(23)2/h6-8,11-17,21H,3-5,9-10,18H2,1-2H3/b17-16+,25-24?. The van der Waals surface area contributed by atoms with E-state index in [4.69, 9.17) is 9.73 Å². The Morgan fingerprint density at radius 1 is 1.04 bits per heavy atom. The van der Waals surface area contributed by atoms with Crippen molar-refractivity contribution in [3.8, 4) is 0 Å². The van der Waals surface area contributed by atoms with Gasteiger partial charge in [0.2, 0.25) is 5.90 Å². The second kappa shape index (κ2) is 11.4. The molecule has 4 heteroatoms. The van der Waals surface area contributed by atoms with Crippen molar-refractivity contribution < 1.29 is 4.74 Å². The molecule has 1 aliphatic carbocycles. The third kappa shape index (κ3) is 7.06. The molecule has 0 amide bonds. The summed E-state index contributed by atoms with van der Waals surface area (Å²) in [6.45, 7) is 5.00. The zero-order chi connectivity index (χ0) is 19.6. The normalized spacial score (nSPS) is 15.9. The van der Waals surface area contributed by atoms with E-state index in [9.17, 15) is 0 Å². The van der Waals surface area contributed by atoms with Gasteiger partial charge >= 0.3 is 0 Å². The summed E-state index contributed by atoms with van der Waals surface area (Å²) in [7, 11) is 3.46. The summed E-state index contributed by atoms with van der Waals surface area (Å²) in [6.07, 6.45) is 8.58. The Morgan fingerprint density at radius 2 is 1.79 bits per heavy atom. The predicted molar refractivity (Wildman–Crippen MR) is 125 cm³/mol. The van der Waals surface area contributed by atoms with Gasteiger partial charge in [-0.2, -0.15) is 0 Å². The lowest BCUT2D eigenvalue weighted by molar-refractivity contribution is 0.201. The van der Waals surface area contributed by atoms with E-state index in [1.165, 1.54) is 48.1 Å². The number of hydrogen-bond acceptors (Lipinski definition) is 4. The summed E-state index contributed by atoms with van der Waals surface area (Å²) in [5, 5.41) is 2.07. The highest BCUT2D eigenvalue weighted by Crippen LogP contribution is 2.34. The van der Waals surface area contributed by atoms with Gasteiger partial charge in [0.1, 0.15) is 0 Å². The van der Waals surface area contributed by atoms with Crippen LogP contribution < -0.4 is 0 Å². The molecule has 0 unspecified atom stereocenters. The fourth-order valence-corrected chi connectivity index (χ4v) is 5.11. The molecule has 1 aliphatic rings. The fraction of sp³-hybridized carbons (Fsp3) is 0.375. The number of nitrogens with zero attached hydrogens (tertiary/aromatic N) is 1. The molecule has 0 radical (unpaired) electrons. The third-order valence-corrected chi connectivity index (χ3v) is 7.10. The number of aliphatic imine (C=N–C) groups is 1. The zero-order valence-electron chi connectivity index (χ0n) is 16.8. The SMILES string of the molecule is Cc1ccc(N=C(/C=C/SSc2ccccc2C)OCC2CCCCC2)cc1. The van der Waals surface area contributed by atoms with Gasteiger partial charge in [-0.1, -0.05) is 76.7 Å². The summed E-state index contributed by atoms with van der Waals surface area (Å²) in [4.78, 5) is 6.02. The predicted octanol–water partition coefficient (Wildman–Crippen LogP) is 7.88. The lowest BCUT2D eigenvalue weighted by atomic mass is 9.90. The minimum absolute atomic E-state index is 0.666. The summed E-state index contributed by atoms with van der Waals surface area (Å²) in [6, 6.07) is 16.7. The van der Waals surface area contributed by atoms with Crippen LogP contribution >= 0.6 is 21.6 Å². The topological polar surface area (TPSA) is 21.6 Å². The first-order chi connectivity index (χ1) is 13.7. The van der Waals surface area contributed by atoms with Gasteiger partial charge in [0.05, 0.1) is 12.3 Å². The molecule has 0 bridgehead atoms. The number of hydrogen-bond donors (Lipinski definition) is 0. The van der Waals surface area contributed by atoms with E-state index < -0.39 is 0 Å². The van der Waals surface area contributed by atoms with Crippen LogP contribution in [0.3, 0.4) is 0 Å². The highest BCUT2D eigenvalue weighted by molar-refractivity contribution is 8.77. The Kier molecular flexibility index (Phi) is 8.56. The molecule has 2 aromatic carbocycles. The van der Waals surface area contributed by atoms with Crippen LogP contribution in [0, 0.1) is 19.8 Å². The summed E-state index contributed by atoms with van der Waals surface area (Å²) >= 11 is 0. The maximum atomic E-state index is 6.13. The van der Waals surface area contributed by atoms with Gasteiger partial charge in [0.25, 0.3) is 0 Å². The van der Waals surface area contributed by atoms with Gasteiger partial charge in [-0.25, -0.2) is 4.99 Å². The van der Waals surface area contributed by atoms with Crippen molar-refractivity contribution in [3.05, 3.63) is 71.1 Å². The molecular formula is C24H29NOS2. The fourth-order valence-electron chi connectivity index (χ4n) is 3.24. The number of aryl methyl sites for hydroxylation is 2. The van der Waals surface area contributed by atoms with Crippen LogP contribution in [0.15, 0.2) is 69.9 Å². The van der Waals surface area contributed by atoms with Crippen LogP contribution in [-0.4, -0.2) is 12.5 Å². The molecule has 148 valence electrons. The van der Waals surface area contributed by atoms with Crippen molar-refractivity contribution in [1.29, 1.82) is 0 Å². The van der Waals surface area contributed by atoms with Crippen LogP contribution in [0.2, 0.25) is 0 Å². The van der Waals surface area contributed by atoms with E-state index in [1.807, 2.05) is 18.2 Å². The van der Waals surface area contributed by atoms with Gasteiger partial charge in [0, 0.05) is 11.0 Å². The van der Waals surface area contributed by atoms with Gasteiger partial charge < -0.3 is 4.74 Å². The first-order valence-electron chi connectivity index (χ1n) is 10.0. The molecule has 1 fully saturated rings. The molecule has 0 heterocycles. The highest BCUT2D eigenvalue weighted by Gasteiger charge is 2.14. The van der Waals surface area contributed by atoms with Crippen molar-refractivity contribution in [2.75, 3.05) is 6.61 Å². The van der Waals surface area contributed by atoms with Gasteiger partial charge in [0.15, 0.2) is 0 Å². The van der Waals surface area contributed by atoms with Crippen LogP contribution in [0.5, 0.6) is 0 Å². The molecule has 3 rings (SSSR count). The molecule has 28 heavy (non-hydrogen) atoms. The lowest BCUT2D eigenvalue weighted by Gasteiger charge is -2.21. The minimum Gasteiger partial charge on any atom is -0.477 e. The van der Waals surface area contributed by atoms with Gasteiger partial charge in [-0.05, 0) is 61.8 Å². The number of benzene rings is 2. The second-order valence-corrected chi connectivity index (χ2v) is 9.50. The van der Waals surface area contributed by atoms with Gasteiger partial charge in [-0.15, -0.1) is 0 Å². The largest absolute Gasteiger partial charge is 0.477 e. The maximum Gasteiger partial charge on any atom is 0.214 e. The van der Waals surface area contributed by atoms with E-state index in [0.29, 0.717) is 11.8 Å². The average Bonchev–Trinajstić information content (AvgIpc) is 2.72. The molecule has 0 atom stereocenters. The first-order valence-corrected chi connectivity index (χ1v) is 12.3. The Balaban J connectivity index is 1.62. The Bertz CT molecular complexity index is 793. The lowest BCUT2D eigenvalue weighted by Crippen LogP contribution is -2.15. The minimum atomic E-state index is 0.666. The quantitative estimate of drug-likeness (QED) is 0.263. The van der Waals surface area contributed by atoms with Crippen LogP contribution in [-0.2, 0) is 4.74 Å². The zero-order valence-corrected chi connectivity index (χ0v) is 18.4. The van der Waals surface area contributed by atoms with Crippen LogP contribution in [0.4, 0.5) is 5.69 Å². The molecule has 2 nitrogen and oxygen atoms in total. The molecule has 0 spiro atoms. The van der Waals surface area contributed by atoms with E-state index >= 15 is 0 Å². The molecule has 0 aliphatic heterocycles. The van der Waals surface area contributed by atoms with Crippen molar-refractivity contribution >= 4 is 33.2 Å². The molecule has 0 saturated heterocycles. The summed E-state index contributed by atoms with van der Waals surface area (Å²) < 4.78 is 6.13. The molecule has 0 aromatic heterocycles. The van der Waals surface area contributed by atoms with E-state index in [1.54, 1.807) is 21.6 Å². The smallest absolute Gasteiger partial charge is 0.214 e. The average molecular weight is 412 g/mol. The van der Waals surface area contributed by atoms with Crippen molar-refractivity contribution in [2.24, 2.45) is 10.9 Å². The van der Waals surface area contributed by atoms with E-state index in [2.05, 4.69) is 55.7 Å². The Hall–Kier alpha value is -1.65. The van der Waals surface area contributed by atoms with E-state index in [0.717, 1.165) is 12.3 Å².